The van der Waals surface area contributed by atoms with Crippen LogP contribution in [0, 0.1) is 17.1 Å². The van der Waals surface area contributed by atoms with Crippen molar-refractivity contribution in [2.24, 2.45) is 0 Å². The van der Waals surface area contributed by atoms with Gasteiger partial charge in [-0.25, -0.2) is 13.9 Å². The van der Waals surface area contributed by atoms with Crippen molar-refractivity contribution in [3.05, 3.63) is 72.2 Å². The van der Waals surface area contributed by atoms with Crippen LogP contribution >= 0.6 is 0 Å². The summed E-state index contributed by atoms with van der Waals surface area (Å²) in [6.07, 6.45) is 7.04. The van der Waals surface area contributed by atoms with Crippen LogP contribution in [0.1, 0.15) is 37.1 Å². The summed E-state index contributed by atoms with van der Waals surface area (Å²) >= 11 is 0. The second-order valence-electron chi connectivity index (χ2n) is 8.34. The Balaban J connectivity index is 1.47. The lowest BCUT2D eigenvalue weighted by Gasteiger charge is -2.30. The maximum absolute atomic E-state index is 13.3. The molecule has 0 aromatic carbocycles. The molecule has 0 aliphatic carbocycles. The number of halogens is 1. The Hall–Kier alpha value is -4.03. The van der Waals surface area contributed by atoms with Gasteiger partial charge in [-0.3, -0.25) is 4.98 Å². The highest BCUT2D eigenvalue weighted by atomic mass is 19.1. The fourth-order valence-corrected chi connectivity index (χ4v) is 4.13. The number of fused-ring (bicyclic) bond motifs is 1. The van der Waals surface area contributed by atoms with Gasteiger partial charge in [0.25, 0.3) is 0 Å². The highest BCUT2D eigenvalue weighted by Crippen LogP contribution is 2.33. The first kappa shape index (κ1) is 21.8. The Labute approximate surface area is 195 Å². The first-order chi connectivity index (χ1) is 16.5. The molecule has 0 saturated carbocycles. The summed E-state index contributed by atoms with van der Waals surface area (Å²) in [6.45, 7) is 3.37. The molecule has 5 rings (SSSR count). The number of ether oxygens (including phenoxy) is 1. The second kappa shape index (κ2) is 9.08. The minimum atomic E-state index is -0.476. The van der Waals surface area contributed by atoms with Gasteiger partial charge in [-0.15, -0.1) is 0 Å². The highest BCUT2D eigenvalue weighted by Gasteiger charge is 2.19. The van der Waals surface area contributed by atoms with E-state index in [4.69, 9.17) is 4.74 Å². The fraction of sp³-hybridized carbons (Fsp3) is 0.280. The van der Waals surface area contributed by atoms with Crippen molar-refractivity contribution in [1.29, 1.82) is 5.26 Å². The quantitative estimate of drug-likeness (QED) is 0.484. The predicted molar refractivity (Wildman–Crippen MR) is 124 cm³/mol. The zero-order chi connectivity index (χ0) is 23.7. The summed E-state index contributed by atoms with van der Waals surface area (Å²) in [6, 6.07) is 10.9. The molecule has 0 unspecified atom stereocenters. The van der Waals surface area contributed by atoms with Crippen LogP contribution < -0.4 is 9.64 Å². The Bertz CT molecular complexity index is 1340. The maximum Gasteiger partial charge on any atom is 0.148 e. The number of piperidine rings is 1. The van der Waals surface area contributed by atoms with Crippen LogP contribution in [0.4, 0.5) is 10.2 Å². The number of nitrogens with zero attached hydrogens (tertiary/aromatic N) is 6. The first-order valence-electron chi connectivity index (χ1n) is 11.1. The molecule has 8 nitrogen and oxygen atoms in total. The monoisotopic (exact) mass is 458 g/mol. The molecule has 0 spiro atoms. The molecule has 4 aromatic rings. The van der Waals surface area contributed by atoms with Crippen LogP contribution in [-0.4, -0.2) is 43.9 Å². The molecule has 0 bridgehead atoms. The largest absolute Gasteiger partial charge is 0.482 e. The number of hydrogen-bond donors (Lipinski definition) is 1. The number of nitriles is 1. The first-order valence-corrected chi connectivity index (χ1v) is 11.1. The third kappa shape index (κ3) is 4.28. The summed E-state index contributed by atoms with van der Waals surface area (Å²) in [4.78, 5) is 10.9. The Morgan fingerprint density at radius 1 is 1.12 bits per heavy atom. The number of pyridine rings is 3. The molecule has 1 aliphatic rings. The predicted octanol–water partition coefficient (Wildman–Crippen LogP) is 3.90. The zero-order valence-corrected chi connectivity index (χ0v) is 18.6. The normalized spacial score (nSPS) is 15.3. The SMILES string of the molecule is C[C@@H](Oc1cc(-c2ccc(N3CCC(O)CC3)nc2)cn2ncc(C#N)c12)c1ccc(F)cn1. The highest BCUT2D eigenvalue weighted by molar-refractivity contribution is 5.75. The molecule has 1 saturated heterocycles. The van der Waals surface area contributed by atoms with Gasteiger partial charge in [0.1, 0.15) is 40.6 Å². The molecule has 4 aromatic heterocycles. The van der Waals surface area contributed by atoms with Crippen LogP contribution in [0.15, 0.2) is 55.1 Å². The van der Waals surface area contributed by atoms with Gasteiger partial charge in [0.2, 0.25) is 0 Å². The smallest absolute Gasteiger partial charge is 0.148 e. The molecule has 0 radical (unpaired) electrons. The van der Waals surface area contributed by atoms with Gasteiger partial charge in [0, 0.05) is 36.6 Å². The molecule has 34 heavy (non-hydrogen) atoms. The molecule has 5 heterocycles. The van der Waals surface area contributed by atoms with Crippen molar-refractivity contribution in [2.45, 2.75) is 32.0 Å². The Morgan fingerprint density at radius 3 is 2.62 bits per heavy atom. The van der Waals surface area contributed by atoms with Crippen molar-refractivity contribution >= 4 is 11.3 Å². The van der Waals surface area contributed by atoms with E-state index in [1.807, 2.05) is 31.3 Å². The lowest BCUT2D eigenvalue weighted by Crippen LogP contribution is -2.36. The van der Waals surface area contributed by atoms with Crippen molar-refractivity contribution in [3.8, 4) is 22.9 Å². The van der Waals surface area contributed by atoms with Gasteiger partial charge < -0.3 is 14.7 Å². The molecular formula is C25H23FN6O2. The fourth-order valence-electron chi connectivity index (χ4n) is 4.13. The molecule has 1 aliphatic heterocycles. The minimum absolute atomic E-state index is 0.236. The van der Waals surface area contributed by atoms with Gasteiger partial charge in [-0.05, 0) is 50.1 Å². The average Bonchev–Trinajstić information content (AvgIpc) is 3.28. The van der Waals surface area contributed by atoms with Crippen molar-refractivity contribution in [1.82, 2.24) is 19.6 Å². The van der Waals surface area contributed by atoms with Crippen LogP contribution in [0.3, 0.4) is 0 Å². The van der Waals surface area contributed by atoms with Crippen LogP contribution in [0.2, 0.25) is 0 Å². The number of rotatable bonds is 5. The van der Waals surface area contributed by atoms with Crippen molar-refractivity contribution < 1.29 is 14.2 Å². The van der Waals surface area contributed by atoms with Gasteiger partial charge in [0.15, 0.2) is 0 Å². The third-order valence-electron chi connectivity index (χ3n) is 6.04. The van der Waals surface area contributed by atoms with Crippen molar-refractivity contribution in [3.63, 3.8) is 0 Å². The van der Waals surface area contributed by atoms with E-state index in [9.17, 15) is 14.8 Å². The minimum Gasteiger partial charge on any atom is -0.482 e. The Morgan fingerprint density at radius 2 is 1.94 bits per heavy atom. The van der Waals surface area contributed by atoms with E-state index >= 15 is 0 Å². The number of hydrogen-bond acceptors (Lipinski definition) is 7. The summed E-state index contributed by atoms with van der Waals surface area (Å²) < 4.78 is 21.1. The summed E-state index contributed by atoms with van der Waals surface area (Å²) in [5.41, 5.74) is 3.20. The number of aromatic nitrogens is 4. The lowest BCUT2D eigenvalue weighted by molar-refractivity contribution is 0.145. The van der Waals surface area contributed by atoms with Gasteiger partial charge in [-0.1, -0.05) is 0 Å². The molecule has 172 valence electrons. The van der Waals surface area contributed by atoms with Gasteiger partial charge in [-0.2, -0.15) is 10.4 Å². The van der Waals surface area contributed by atoms with Gasteiger partial charge in [0.05, 0.1) is 24.2 Å². The Kier molecular flexibility index (Phi) is 5.82. The van der Waals surface area contributed by atoms with E-state index in [-0.39, 0.29) is 6.10 Å². The maximum atomic E-state index is 13.3. The van der Waals surface area contributed by atoms with Crippen LogP contribution in [0.5, 0.6) is 5.75 Å². The molecule has 1 fully saturated rings. The van der Waals surface area contributed by atoms with Crippen LogP contribution in [0.25, 0.3) is 16.6 Å². The van der Waals surface area contributed by atoms with E-state index in [0.29, 0.717) is 22.5 Å². The summed E-state index contributed by atoms with van der Waals surface area (Å²) in [5.74, 6) is 0.925. The molecule has 1 atom stereocenters. The van der Waals surface area contributed by atoms with Crippen LogP contribution in [-0.2, 0) is 0 Å². The van der Waals surface area contributed by atoms with E-state index in [2.05, 4.69) is 26.0 Å². The van der Waals surface area contributed by atoms with Gasteiger partial charge >= 0.3 is 0 Å². The lowest BCUT2D eigenvalue weighted by atomic mass is 10.1. The number of anilines is 1. The summed E-state index contributed by atoms with van der Waals surface area (Å²) in [5, 5.41) is 23.6. The number of aliphatic hydroxyl groups is 1. The average molecular weight is 458 g/mol. The van der Waals surface area contributed by atoms with E-state index < -0.39 is 11.9 Å². The molecule has 1 N–H and O–H groups in total. The van der Waals surface area contributed by atoms with E-state index in [0.717, 1.165) is 49.1 Å². The molecule has 9 heteroatoms. The van der Waals surface area contributed by atoms with Crippen molar-refractivity contribution in [2.75, 3.05) is 18.0 Å². The summed E-state index contributed by atoms with van der Waals surface area (Å²) in [7, 11) is 0. The number of aliphatic hydroxyl groups excluding tert-OH is 1. The topological polar surface area (TPSA) is 99.6 Å². The van der Waals surface area contributed by atoms with E-state index in [1.165, 1.54) is 12.3 Å². The second-order valence-corrected chi connectivity index (χ2v) is 8.34. The zero-order valence-electron chi connectivity index (χ0n) is 18.6. The molecular weight excluding hydrogens is 435 g/mol. The standard InChI is InChI=1S/C25H23FN6O2/c1-16(22-4-3-20(26)14-28-22)34-23-10-18(15-32-25(23)19(11-27)13-30-32)17-2-5-24(29-12-17)31-8-6-21(33)7-9-31/h2-5,10,12-16,21,33H,6-9H2,1H3/t16-/m1/s1. The third-order valence-corrected chi connectivity index (χ3v) is 6.04. The van der Waals surface area contributed by atoms with E-state index in [1.54, 1.807) is 16.8 Å². The molecule has 0 amide bonds.